The number of hydrogen-bond acceptors (Lipinski definition) is 8. The maximum absolute atomic E-state index is 15.1. The van der Waals surface area contributed by atoms with Crippen molar-refractivity contribution in [2.75, 3.05) is 58.3 Å². The number of nitrogens with zero attached hydrogens (tertiary/aromatic N) is 5. The molecule has 2 aliphatic heterocycles. The van der Waals surface area contributed by atoms with Gasteiger partial charge in [0.2, 0.25) is 0 Å². The molecule has 7 rings (SSSR count). The molecule has 13 heteroatoms. The first-order chi connectivity index (χ1) is 30.3. The van der Waals surface area contributed by atoms with Crippen LogP contribution in [0.4, 0.5) is 5.69 Å². The Morgan fingerprint density at radius 2 is 1.68 bits per heavy atom. The van der Waals surface area contributed by atoms with Gasteiger partial charge in [-0.2, -0.15) is 5.26 Å². The van der Waals surface area contributed by atoms with E-state index in [0.29, 0.717) is 78.8 Å². The molecule has 1 aromatic heterocycles. The number of nitriles is 1. The molecular weight excluding hydrogens is 830 g/mol. The Kier molecular flexibility index (Phi) is 14.4. The minimum Gasteiger partial charge on any atom is -0.496 e. The minimum absolute atomic E-state index is 0.111. The maximum atomic E-state index is 15.1. The molecule has 11 nitrogen and oxygen atoms in total. The summed E-state index contributed by atoms with van der Waals surface area (Å²) in [7, 11) is 2.30. The Morgan fingerprint density at radius 1 is 0.952 bits per heavy atom. The number of halogens is 1. The van der Waals surface area contributed by atoms with E-state index in [1.807, 2.05) is 91.0 Å². The van der Waals surface area contributed by atoms with Crippen LogP contribution in [-0.2, 0) is 36.0 Å². The third-order valence-electron chi connectivity index (χ3n) is 12.3. The van der Waals surface area contributed by atoms with E-state index in [-0.39, 0.29) is 41.8 Å². The Labute approximate surface area is 377 Å². The second-order valence-electron chi connectivity index (χ2n) is 17.7. The SMILES string of the molecule is COc1cccc(CN(C(=O)c2cc(-c3cc(Cl)c(C#N)cc3C(=O)N3Cc4ccccc4C[C@H]3CN3CCOCC3)n(C)c2C)c2ccc(OCOCC[Si](C)(C)C)cc2)c1C. The molecule has 330 valence electrons. The van der Waals surface area contributed by atoms with Crippen molar-refractivity contribution < 1.29 is 28.5 Å². The molecule has 0 bridgehead atoms. The van der Waals surface area contributed by atoms with E-state index in [2.05, 4.69) is 42.7 Å². The minimum atomic E-state index is -1.22. The number of amides is 2. The van der Waals surface area contributed by atoms with Crippen LogP contribution in [0, 0.1) is 25.2 Å². The van der Waals surface area contributed by atoms with Crippen LogP contribution in [0.1, 0.15) is 54.2 Å². The van der Waals surface area contributed by atoms with Gasteiger partial charge in [-0.3, -0.25) is 14.5 Å². The van der Waals surface area contributed by atoms with Crippen molar-refractivity contribution >= 4 is 37.2 Å². The lowest BCUT2D eigenvalue weighted by Crippen LogP contribution is -2.52. The molecule has 0 spiro atoms. The van der Waals surface area contributed by atoms with Gasteiger partial charge in [-0.1, -0.05) is 67.6 Å². The van der Waals surface area contributed by atoms with E-state index in [1.54, 1.807) is 24.1 Å². The number of aromatic nitrogens is 1. The lowest BCUT2D eigenvalue weighted by Gasteiger charge is -2.40. The van der Waals surface area contributed by atoms with Crippen LogP contribution < -0.4 is 14.4 Å². The fourth-order valence-corrected chi connectivity index (χ4v) is 9.33. The van der Waals surface area contributed by atoms with Crippen LogP contribution in [-0.4, -0.2) is 93.7 Å². The van der Waals surface area contributed by atoms with E-state index in [1.165, 1.54) is 5.56 Å². The van der Waals surface area contributed by atoms with Crippen LogP contribution in [0.3, 0.4) is 0 Å². The van der Waals surface area contributed by atoms with Gasteiger partial charge in [-0.25, -0.2) is 0 Å². The molecule has 0 saturated carbocycles. The number of ether oxygens (including phenoxy) is 4. The van der Waals surface area contributed by atoms with Gasteiger partial charge in [0.15, 0.2) is 6.79 Å². The number of carbonyl (C=O) groups is 2. The van der Waals surface area contributed by atoms with Gasteiger partial charge in [-0.15, -0.1) is 0 Å². The number of methoxy groups -OCH3 is 1. The number of fused-ring (bicyclic) bond motifs is 1. The highest BCUT2D eigenvalue weighted by Gasteiger charge is 2.34. The molecule has 0 unspecified atom stereocenters. The smallest absolute Gasteiger partial charge is 0.260 e. The molecule has 5 aromatic rings. The lowest BCUT2D eigenvalue weighted by molar-refractivity contribution is 0.0192. The average molecular weight is 889 g/mol. The van der Waals surface area contributed by atoms with Crippen molar-refractivity contribution in [1.82, 2.24) is 14.4 Å². The van der Waals surface area contributed by atoms with Crippen molar-refractivity contribution in [3.8, 4) is 28.8 Å². The van der Waals surface area contributed by atoms with Crippen molar-refractivity contribution in [2.45, 2.75) is 65.1 Å². The summed E-state index contributed by atoms with van der Waals surface area (Å²) in [6.45, 7) is 15.9. The summed E-state index contributed by atoms with van der Waals surface area (Å²) in [6, 6.07) is 29.8. The number of rotatable bonds is 15. The molecule has 0 radical (unpaired) electrons. The van der Waals surface area contributed by atoms with Crippen LogP contribution >= 0.6 is 11.6 Å². The van der Waals surface area contributed by atoms with Gasteiger partial charge in [0.1, 0.15) is 17.6 Å². The molecule has 1 atom stereocenters. The molecule has 2 amide bonds. The number of morpholine rings is 1. The lowest BCUT2D eigenvalue weighted by atomic mass is 9.91. The van der Waals surface area contributed by atoms with Crippen LogP contribution in [0.5, 0.6) is 11.5 Å². The highest BCUT2D eigenvalue weighted by molar-refractivity contribution is 6.76. The van der Waals surface area contributed by atoms with E-state index in [9.17, 15) is 5.26 Å². The third-order valence-corrected chi connectivity index (χ3v) is 14.3. The maximum Gasteiger partial charge on any atom is 0.260 e. The third kappa shape index (κ3) is 10.5. The molecule has 0 aliphatic carbocycles. The van der Waals surface area contributed by atoms with Gasteiger partial charge in [-0.05, 0) is 97.1 Å². The number of carbonyl (C=O) groups excluding carboxylic acids is 2. The predicted octanol–water partition coefficient (Wildman–Crippen LogP) is 9.28. The van der Waals surface area contributed by atoms with Crippen LogP contribution in [0.15, 0.2) is 84.9 Å². The van der Waals surface area contributed by atoms with Gasteiger partial charge in [0.05, 0.1) is 48.6 Å². The summed E-state index contributed by atoms with van der Waals surface area (Å²) in [6.07, 6.45) is 0.706. The molecule has 4 aromatic carbocycles. The van der Waals surface area contributed by atoms with Crippen molar-refractivity contribution in [1.29, 1.82) is 5.26 Å². The van der Waals surface area contributed by atoms with Crippen LogP contribution in [0.25, 0.3) is 11.3 Å². The van der Waals surface area contributed by atoms with E-state index in [0.717, 1.165) is 41.6 Å². The van der Waals surface area contributed by atoms with Crippen molar-refractivity contribution in [2.24, 2.45) is 7.05 Å². The Bertz CT molecular complexity index is 2490. The predicted molar refractivity (Wildman–Crippen MR) is 251 cm³/mol. The average Bonchev–Trinajstić information content (AvgIpc) is 3.58. The summed E-state index contributed by atoms with van der Waals surface area (Å²) in [4.78, 5) is 36.3. The van der Waals surface area contributed by atoms with Crippen molar-refractivity contribution in [3.63, 3.8) is 0 Å². The fraction of sp³-hybridized carbons (Fsp3) is 0.380. The first-order valence-corrected chi connectivity index (χ1v) is 25.7. The Balaban J connectivity index is 1.24. The van der Waals surface area contributed by atoms with Gasteiger partial charge in [0.25, 0.3) is 11.8 Å². The summed E-state index contributed by atoms with van der Waals surface area (Å²) >= 11 is 6.79. The van der Waals surface area contributed by atoms with Gasteiger partial charge < -0.3 is 33.3 Å². The Hall–Kier alpha value is -5.42. The van der Waals surface area contributed by atoms with E-state index >= 15 is 9.59 Å². The fourth-order valence-electron chi connectivity index (χ4n) is 8.36. The summed E-state index contributed by atoms with van der Waals surface area (Å²) in [5.41, 5.74) is 7.75. The molecule has 2 aliphatic rings. The van der Waals surface area contributed by atoms with E-state index < -0.39 is 8.07 Å². The van der Waals surface area contributed by atoms with Gasteiger partial charge >= 0.3 is 0 Å². The second-order valence-corrected chi connectivity index (χ2v) is 23.7. The molecular formula is C50H58ClN5O6Si. The quantitative estimate of drug-likeness (QED) is 0.0582. The zero-order chi connectivity index (χ0) is 44.8. The normalized spacial score (nSPS) is 15.4. The zero-order valence-corrected chi connectivity index (χ0v) is 39.3. The summed E-state index contributed by atoms with van der Waals surface area (Å²) in [5.74, 6) is 0.937. The second kappa shape index (κ2) is 20.0. The van der Waals surface area contributed by atoms with E-state index in [4.69, 9.17) is 30.5 Å². The number of hydrogen-bond donors (Lipinski definition) is 0. The molecule has 1 saturated heterocycles. The Morgan fingerprint density at radius 3 is 2.38 bits per heavy atom. The largest absolute Gasteiger partial charge is 0.496 e. The topological polar surface area (TPSA) is 110 Å². The first kappa shape index (κ1) is 45.6. The standard InChI is InChI=1S/C50H58ClN5O6Si/c1-34-37(13-10-14-48(34)59-4)30-55(40-15-17-42(18-16-40)62-33-61-23-24-63(5,6)7)49(57)43-28-47(53(3)35(43)2)44-27-46(51)39(29-52)26-45(44)50(58)56-31-38-12-9-8-11-36(38)25-41(56)32-54-19-21-60-22-20-54/h8-18,26-28,41H,19-25,30-33H2,1-7H3/t41-/m0/s1. The molecule has 3 heterocycles. The molecule has 63 heavy (non-hydrogen) atoms. The first-order valence-electron chi connectivity index (χ1n) is 21.6. The highest BCUT2D eigenvalue weighted by Crippen LogP contribution is 2.36. The van der Waals surface area contributed by atoms with Gasteiger partial charge in [0, 0.05) is 76.6 Å². The summed E-state index contributed by atoms with van der Waals surface area (Å²) in [5, 5.41) is 10.4. The highest BCUT2D eigenvalue weighted by atomic mass is 35.5. The molecule has 0 N–H and O–H groups in total. The zero-order valence-electron chi connectivity index (χ0n) is 37.5. The monoisotopic (exact) mass is 887 g/mol. The number of anilines is 1. The van der Waals surface area contributed by atoms with Crippen LogP contribution in [0.2, 0.25) is 30.7 Å². The van der Waals surface area contributed by atoms with Crippen molar-refractivity contribution in [3.05, 3.63) is 135 Å². The molecule has 1 fully saturated rings. The summed E-state index contributed by atoms with van der Waals surface area (Å²) < 4.78 is 24.9. The number of benzene rings is 4.